The van der Waals surface area contributed by atoms with Gasteiger partial charge >= 0.3 is 0 Å². The van der Waals surface area contributed by atoms with E-state index in [-0.39, 0.29) is 17.4 Å². The number of amides is 1. The van der Waals surface area contributed by atoms with Crippen molar-refractivity contribution in [3.8, 4) is 0 Å². The maximum atomic E-state index is 11.6. The third-order valence-corrected chi connectivity index (χ3v) is 3.83. The van der Waals surface area contributed by atoms with E-state index in [2.05, 4.69) is 39.3 Å². The lowest BCUT2D eigenvalue weighted by molar-refractivity contribution is -0.121. The topological polar surface area (TPSA) is 55.1 Å². The molecule has 0 aromatic rings. The van der Waals surface area contributed by atoms with E-state index in [0.717, 1.165) is 13.0 Å². The van der Waals surface area contributed by atoms with E-state index < -0.39 is 0 Å². The molecule has 0 fully saturated rings. The van der Waals surface area contributed by atoms with Gasteiger partial charge in [-0.3, -0.25) is 4.79 Å². The second-order valence-corrected chi connectivity index (χ2v) is 6.64. The van der Waals surface area contributed by atoms with Gasteiger partial charge in [-0.1, -0.05) is 27.7 Å². The zero-order valence-electron chi connectivity index (χ0n) is 11.2. The van der Waals surface area contributed by atoms with Gasteiger partial charge in [0.05, 0.1) is 0 Å². The van der Waals surface area contributed by atoms with Gasteiger partial charge in [-0.25, -0.2) is 0 Å². The van der Waals surface area contributed by atoms with Gasteiger partial charge in [-0.15, -0.1) is 0 Å². The third kappa shape index (κ3) is 7.12. The predicted octanol–water partition coefficient (Wildman–Crippen LogP) is 2.01. The average Bonchev–Trinajstić information content (AvgIpc) is 2.15. The first-order valence-electron chi connectivity index (χ1n) is 5.82. The number of thioether (sulfide) groups is 1. The van der Waals surface area contributed by atoms with Crippen LogP contribution in [0.5, 0.6) is 0 Å². The van der Waals surface area contributed by atoms with E-state index >= 15 is 0 Å². The molecule has 3 N–H and O–H groups in total. The fourth-order valence-corrected chi connectivity index (χ4v) is 1.46. The Morgan fingerprint density at radius 1 is 1.44 bits per heavy atom. The van der Waals surface area contributed by atoms with Crippen molar-refractivity contribution in [2.24, 2.45) is 11.1 Å². The first kappa shape index (κ1) is 15.8. The molecule has 0 spiro atoms. The quantitative estimate of drug-likeness (QED) is 0.754. The summed E-state index contributed by atoms with van der Waals surface area (Å²) in [7, 11) is 0. The first-order valence-corrected chi connectivity index (χ1v) is 7.11. The van der Waals surface area contributed by atoms with Crippen LogP contribution >= 0.6 is 11.8 Å². The molecule has 0 saturated carbocycles. The monoisotopic (exact) mass is 246 g/mol. The molecule has 0 aliphatic carbocycles. The molecule has 0 aliphatic heterocycles. The summed E-state index contributed by atoms with van der Waals surface area (Å²) < 4.78 is 0. The van der Waals surface area contributed by atoms with Crippen LogP contribution in [-0.4, -0.2) is 30.0 Å². The van der Waals surface area contributed by atoms with Gasteiger partial charge in [-0.05, 0) is 18.1 Å². The highest BCUT2D eigenvalue weighted by atomic mass is 32.2. The van der Waals surface area contributed by atoms with Gasteiger partial charge in [-0.2, -0.15) is 11.8 Å². The second-order valence-electron chi connectivity index (χ2n) is 5.36. The summed E-state index contributed by atoms with van der Waals surface area (Å²) in [4.78, 5) is 11.6. The lowest BCUT2D eigenvalue weighted by Crippen LogP contribution is -2.40. The highest BCUT2D eigenvalue weighted by Gasteiger charge is 2.22. The Hall–Kier alpha value is -0.220. The average molecular weight is 246 g/mol. The molecular formula is C12H26N2OS. The number of carbonyl (C=O) groups is 1. The van der Waals surface area contributed by atoms with E-state index in [1.54, 1.807) is 0 Å². The number of carbonyl (C=O) groups excluding carboxylic acids is 1. The van der Waals surface area contributed by atoms with E-state index in [4.69, 9.17) is 5.73 Å². The maximum Gasteiger partial charge on any atom is 0.221 e. The smallest absolute Gasteiger partial charge is 0.221 e. The van der Waals surface area contributed by atoms with Crippen molar-refractivity contribution in [1.82, 2.24) is 5.32 Å². The largest absolute Gasteiger partial charge is 0.356 e. The van der Waals surface area contributed by atoms with Gasteiger partial charge in [0.25, 0.3) is 0 Å². The predicted molar refractivity (Wildman–Crippen MR) is 72.7 cm³/mol. The summed E-state index contributed by atoms with van der Waals surface area (Å²) in [6, 6.07) is -0.0783. The molecule has 3 nitrogen and oxygen atoms in total. The molecule has 0 saturated heterocycles. The molecule has 0 aliphatic rings. The minimum atomic E-state index is -0.0783. The number of rotatable bonds is 6. The first-order chi connectivity index (χ1) is 7.27. The molecule has 4 heteroatoms. The Kier molecular flexibility index (Phi) is 7.07. The van der Waals surface area contributed by atoms with Gasteiger partial charge in [0.15, 0.2) is 0 Å². The fourth-order valence-electron chi connectivity index (χ4n) is 1.11. The van der Waals surface area contributed by atoms with E-state index in [0.29, 0.717) is 11.7 Å². The molecule has 0 bridgehead atoms. The maximum absolute atomic E-state index is 11.6. The normalized spacial score (nSPS) is 15.6. The number of hydrogen-bond acceptors (Lipinski definition) is 3. The van der Waals surface area contributed by atoms with Crippen LogP contribution in [0.4, 0.5) is 0 Å². The van der Waals surface area contributed by atoms with Crippen molar-refractivity contribution in [2.45, 2.75) is 51.8 Å². The van der Waals surface area contributed by atoms with Crippen LogP contribution in [0.3, 0.4) is 0 Å². The summed E-state index contributed by atoms with van der Waals surface area (Å²) in [5.74, 6) is 0.0655. The van der Waals surface area contributed by atoms with Crippen LogP contribution in [0, 0.1) is 5.41 Å². The van der Waals surface area contributed by atoms with Crippen LogP contribution in [-0.2, 0) is 4.79 Å². The van der Waals surface area contributed by atoms with E-state index in [1.165, 1.54) is 0 Å². The Bertz CT molecular complexity index is 214. The van der Waals surface area contributed by atoms with Crippen LogP contribution in [0.1, 0.15) is 40.5 Å². The van der Waals surface area contributed by atoms with Gasteiger partial charge in [0, 0.05) is 24.3 Å². The zero-order valence-corrected chi connectivity index (χ0v) is 12.0. The Balaban J connectivity index is 3.75. The standard InChI is InChI=1S/C12H26N2OS/c1-9(16-5)6-7-14-11(15)8-10(13)12(2,3)4/h9-10H,6-8,13H2,1-5H3,(H,14,15). The summed E-state index contributed by atoms with van der Waals surface area (Å²) in [5.41, 5.74) is 5.93. The van der Waals surface area contributed by atoms with Crippen LogP contribution in [0.25, 0.3) is 0 Å². The highest BCUT2D eigenvalue weighted by Crippen LogP contribution is 2.19. The van der Waals surface area contributed by atoms with E-state index in [9.17, 15) is 4.79 Å². The van der Waals surface area contributed by atoms with Crippen molar-refractivity contribution in [3.05, 3.63) is 0 Å². The molecule has 0 heterocycles. The second kappa shape index (κ2) is 7.17. The van der Waals surface area contributed by atoms with Crippen LogP contribution in [0.2, 0.25) is 0 Å². The van der Waals surface area contributed by atoms with Crippen LogP contribution in [0.15, 0.2) is 0 Å². The minimum absolute atomic E-state index is 0.0100. The molecule has 2 unspecified atom stereocenters. The lowest BCUT2D eigenvalue weighted by Gasteiger charge is -2.26. The number of hydrogen-bond donors (Lipinski definition) is 2. The Morgan fingerprint density at radius 3 is 2.44 bits per heavy atom. The molecule has 16 heavy (non-hydrogen) atoms. The van der Waals surface area contributed by atoms with Gasteiger partial charge in [0.2, 0.25) is 5.91 Å². The SMILES string of the molecule is CSC(C)CCNC(=O)CC(N)C(C)(C)C. The van der Waals surface area contributed by atoms with Crippen molar-refractivity contribution in [3.63, 3.8) is 0 Å². The summed E-state index contributed by atoms with van der Waals surface area (Å²) in [6.45, 7) is 9.08. The lowest BCUT2D eigenvalue weighted by atomic mass is 9.85. The van der Waals surface area contributed by atoms with E-state index in [1.807, 2.05) is 11.8 Å². The fraction of sp³-hybridized carbons (Fsp3) is 0.917. The Labute approximate surface area is 104 Å². The molecule has 0 radical (unpaired) electrons. The van der Waals surface area contributed by atoms with Crippen molar-refractivity contribution in [2.75, 3.05) is 12.8 Å². The number of nitrogens with two attached hydrogens (primary N) is 1. The summed E-state index contributed by atoms with van der Waals surface area (Å²) >= 11 is 1.82. The van der Waals surface area contributed by atoms with Gasteiger partial charge in [0.1, 0.15) is 0 Å². The summed E-state index contributed by atoms with van der Waals surface area (Å²) in [5, 5.41) is 3.51. The molecule has 0 aromatic carbocycles. The van der Waals surface area contributed by atoms with Crippen molar-refractivity contribution < 1.29 is 4.79 Å². The summed E-state index contributed by atoms with van der Waals surface area (Å²) in [6.07, 6.45) is 3.51. The third-order valence-electron chi connectivity index (χ3n) is 2.79. The Morgan fingerprint density at radius 2 is 2.00 bits per heavy atom. The van der Waals surface area contributed by atoms with Crippen molar-refractivity contribution in [1.29, 1.82) is 0 Å². The molecule has 0 aromatic heterocycles. The minimum Gasteiger partial charge on any atom is -0.356 e. The van der Waals surface area contributed by atoms with Gasteiger partial charge < -0.3 is 11.1 Å². The molecule has 1 amide bonds. The molecule has 2 atom stereocenters. The molecule has 0 rings (SSSR count). The number of nitrogens with one attached hydrogen (secondary N) is 1. The zero-order chi connectivity index (χ0) is 12.8. The molecular weight excluding hydrogens is 220 g/mol. The van der Waals surface area contributed by atoms with Crippen LogP contribution < -0.4 is 11.1 Å². The van der Waals surface area contributed by atoms with Crippen molar-refractivity contribution >= 4 is 17.7 Å². The molecule has 96 valence electrons. The highest BCUT2D eigenvalue weighted by molar-refractivity contribution is 7.99.